The van der Waals surface area contributed by atoms with Gasteiger partial charge in [0, 0.05) is 243 Å². The molecular formula is C106H137N27O8. The molecule has 0 bridgehead atoms. The van der Waals surface area contributed by atoms with E-state index in [1.54, 1.807) is 55.8 Å². The Bertz CT molecular complexity index is 5960. The Morgan fingerprint density at radius 2 is 0.645 bits per heavy atom. The third kappa shape index (κ3) is 25.8. The van der Waals surface area contributed by atoms with Crippen LogP contribution in [-0.4, -0.2) is 305 Å². The van der Waals surface area contributed by atoms with Crippen molar-refractivity contribution in [2.24, 2.45) is 0 Å². The number of hydrogen-bond acceptors (Lipinski definition) is 35. The van der Waals surface area contributed by atoms with Crippen LogP contribution in [0.15, 0.2) is 153 Å². The number of rotatable bonds is 23. The first-order valence-corrected chi connectivity index (χ1v) is 51.7. The average Bonchev–Trinajstić information content (AvgIpc) is 0.798. The SMILES string of the molecule is CN1CCC(c2cnc(NC3CCC(Oc4cc(N5CCOCC5)cc5nccnc45)CC3)nc2)CC1.Cc1nc(NC2CCC(Oc3cc(N4CCOCC4)cc4nccnc34)CC2)cc(N2CCN(C)CC2)n1.c1cnc2c(OC3CCC(Nc4ncc(C5CCNCC5)cn4)CC3)cc(N3CCOCC3)cc2n1.c1cncc(NC2CCC(Oc3cc(N4CCOCC4)cc4nccnc34)CC2)c1. The number of piperidine rings is 2. The second-order valence-electron chi connectivity index (χ2n) is 39.3. The minimum atomic E-state index is 0.159. The molecule has 8 aromatic heterocycles. The third-order valence-corrected chi connectivity index (χ3v) is 29.5. The van der Waals surface area contributed by atoms with Crippen molar-refractivity contribution in [1.29, 1.82) is 0 Å². The zero-order chi connectivity index (χ0) is 95.3. The summed E-state index contributed by atoms with van der Waals surface area (Å²) in [6, 6.07) is 24.7. The summed E-state index contributed by atoms with van der Waals surface area (Å²) in [5.41, 5.74) is 15.0. The standard InChI is InChI=1S/C28H38N8O2.C28H37N7O2.C27H35N7O2.C23H27N5O2/c1-20-31-26(19-27(32-20)36-11-9-34(2)10-12-36)33-21-3-5-23(6-4-21)38-25-18-22(35-13-15-37-16-14-35)17-24-28(25)30-8-7-29-24;1-34-10-6-20(7-11-34)21-18-31-28(32-19-21)33-22-2-4-24(5-3-22)37-26-17-23(35-12-14-36-15-13-35)16-25-27(26)30-9-8-29-25;1-3-23(4-2-21(1)33-27-31-17-20(18-32-27)19-5-7-28-8-6-19)36-25-16-22(34-11-13-35-14-12-34)15-24-26(25)30-10-9-29-24;1-2-18(16-24-7-1)27-17-3-5-20(6-4-17)30-22-15-19(28-10-12-29-13-11-28)14-21-23(22)26-9-8-25-21/h7-8,17-19,21,23H,3-6,9-16H2,1-2H3,(H,31,32,33);8-9,16-20,22,24H,2-7,10-15H2,1H3,(H,31,32,33);9-10,15-19,21,23,28H,1-8,11-14H2,(H,31,32,33);1-2,7-9,14-17,20,27H,3-6,10-13H2. The van der Waals surface area contributed by atoms with E-state index in [0.717, 1.165) is 398 Å². The van der Waals surface area contributed by atoms with Gasteiger partial charge in [0.25, 0.3) is 0 Å². The second kappa shape index (κ2) is 47.6. The fraction of sp³-hybridized carbons (Fsp3) is 0.538. The van der Waals surface area contributed by atoms with Crippen LogP contribution in [0.2, 0.25) is 0 Å². The molecule has 11 fully saturated rings. The molecule has 5 N–H and O–H groups in total. The van der Waals surface area contributed by atoms with Gasteiger partial charge in [0.2, 0.25) is 11.9 Å². The van der Waals surface area contributed by atoms with Gasteiger partial charge in [0.1, 0.15) is 62.5 Å². The van der Waals surface area contributed by atoms with Crippen LogP contribution in [0.1, 0.15) is 157 Å². The number of hydrogen-bond donors (Lipinski definition) is 5. The quantitative estimate of drug-likeness (QED) is 0.0397. The monoisotopic (exact) mass is 1920 g/mol. The van der Waals surface area contributed by atoms with E-state index in [2.05, 4.69) is 200 Å². The summed E-state index contributed by atoms with van der Waals surface area (Å²) in [7, 11) is 4.37. The molecule has 0 atom stereocenters. The molecule has 4 aromatic carbocycles. The average molecular weight is 1920 g/mol. The number of anilines is 9. The molecule has 35 heteroatoms. The first-order valence-electron chi connectivity index (χ1n) is 51.7. The lowest BCUT2D eigenvalue weighted by Crippen LogP contribution is -2.45. The highest BCUT2D eigenvalue weighted by molar-refractivity contribution is 5.88. The van der Waals surface area contributed by atoms with Crippen LogP contribution in [-0.2, 0) is 18.9 Å². The topological polar surface area (TPSA) is 350 Å². The van der Waals surface area contributed by atoms with Gasteiger partial charge >= 0.3 is 0 Å². The van der Waals surface area contributed by atoms with Crippen molar-refractivity contribution in [3.63, 3.8) is 0 Å². The number of pyridine rings is 1. The van der Waals surface area contributed by atoms with Crippen molar-refractivity contribution in [3.05, 3.63) is 170 Å². The van der Waals surface area contributed by atoms with Gasteiger partial charge in [-0.05, 0) is 235 Å². The number of benzene rings is 4. The Kier molecular flexibility index (Phi) is 32.5. The van der Waals surface area contributed by atoms with Crippen molar-refractivity contribution in [2.75, 3.05) is 217 Å². The highest BCUT2D eigenvalue weighted by Gasteiger charge is 2.33. The molecule has 0 spiro atoms. The predicted molar refractivity (Wildman–Crippen MR) is 551 cm³/mol. The largest absolute Gasteiger partial charge is 0.488 e. The normalized spacial score (nSPS) is 23.1. The lowest BCUT2D eigenvalue weighted by Gasteiger charge is -2.34. The molecule has 7 aliphatic heterocycles. The maximum absolute atomic E-state index is 6.60. The number of aromatic nitrogens is 15. The molecule has 4 saturated carbocycles. The predicted octanol–water partition coefficient (Wildman–Crippen LogP) is 14.2. The summed E-state index contributed by atoms with van der Waals surface area (Å²) in [5, 5.41) is 17.8. The Balaban J connectivity index is 0.000000116. The van der Waals surface area contributed by atoms with E-state index < -0.39 is 0 Å². The zero-order valence-corrected chi connectivity index (χ0v) is 81.9. The van der Waals surface area contributed by atoms with Gasteiger partial charge in [-0.15, -0.1) is 0 Å². The van der Waals surface area contributed by atoms with Crippen LogP contribution in [0.25, 0.3) is 44.1 Å². The number of piperazine rings is 1. The number of likely N-dealkylation sites (tertiary alicyclic amines) is 1. The number of fused-ring (bicyclic) bond motifs is 4. The fourth-order valence-electron chi connectivity index (χ4n) is 21.3. The highest BCUT2D eigenvalue weighted by atomic mass is 16.5. The molecule has 0 radical (unpaired) electrons. The molecule has 744 valence electrons. The Labute approximate surface area is 826 Å². The molecule has 23 rings (SSSR count). The zero-order valence-electron chi connectivity index (χ0n) is 81.9. The molecule has 0 unspecified atom stereocenters. The number of likely N-dealkylation sites (N-methyl/N-ethyl adjacent to an activating group) is 1. The van der Waals surface area contributed by atoms with E-state index in [4.69, 9.17) is 47.9 Å². The first-order chi connectivity index (χ1) is 69.5. The van der Waals surface area contributed by atoms with Gasteiger partial charge in [-0.25, -0.2) is 49.8 Å². The van der Waals surface area contributed by atoms with Crippen molar-refractivity contribution < 1.29 is 37.9 Å². The van der Waals surface area contributed by atoms with Crippen molar-refractivity contribution in [2.45, 2.75) is 196 Å². The molecule has 4 aliphatic carbocycles. The molecular weight excluding hydrogens is 1780 g/mol. The third-order valence-electron chi connectivity index (χ3n) is 29.5. The van der Waals surface area contributed by atoms with Gasteiger partial charge in [-0.3, -0.25) is 24.9 Å². The summed E-state index contributed by atoms with van der Waals surface area (Å²) < 4.78 is 48.3. The molecule has 141 heavy (non-hydrogen) atoms. The molecule has 11 aliphatic rings. The summed E-state index contributed by atoms with van der Waals surface area (Å²) in [5.74, 6) is 8.73. The van der Waals surface area contributed by atoms with E-state index in [1.807, 2.05) is 44.0 Å². The van der Waals surface area contributed by atoms with Crippen LogP contribution in [0, 0.1) is 6.92 Å². The summed E-state index contributed by atoms with van der Waals surface area (Å²) >= 11 is 0. The van der Waals surface area contributed by atoms with Crippen molar-refractivity contribution in [3.8, 4) is 23.0 Å². The number of nitrogens with zero attached hydrogens (tertiary/aromatic N) is 22. The summed E-state index contributed by atoms with van der Waals surface area (Å²) in [6.45, 7) is 23.6. The van der Waals surface area contributed by atoms with E-state index >= 15 is 0 Å². The minimum Gasteiger partial charge on any atom is -0.488 e. The van der Waals surface area contributed by atoms with Gasteiger partial charge in [-0.1, -0.05) is 0 Å². The van der Waals surface area contributed by atoms with Gasteiger partial charge in [-0.2, -0.15) is 0 Å². The molecule has 15 heterocycles. The first kappa shape index (κ1) is 96.3. The maximum Gasteiger partial charge on any atom is 0.222 e. The molecule has 12 aromatic rings. The Morgan fingerprint density at radius 3 is 1.00 bits per heavy atom. The highest BCUT2D eigenvalue weighted by Crippen LogP contribution is 2.41. The fourth-order valence-corrected chi connectivity index (χ4v) is 21.3. The van der Waals surface area contributed by atoms with Crippen molar-refractivity contribution in [1.82, 2.24) is 89.9 Å². The summed E-state index contributed by atoms with van der Waals surface area (Å²) in [6.07, 6.45) is 47.3. The maximum atomic E-state index is 6.60. The van der Waals surface area contributed by atoms with Crippen LogP contribution in [0.4, 0.5) is 52.0 Å². The Morgan fingerprint density at radius 1 is 0.312 bits per heavy atom. The number of aryl methyl sites for hydroxylation is 1. The number of ether oxygens (including phenoxy) is 8. The van der Waals surface area contributed by atoms with Gasteiger partial charge in [0.05, 0.1) is 105 Å². The Hall–Kier alpha value is -12.3. The van der Waals surface area contributed by atoms with Crippen LogP contribution < -0.4 is 70.0 Å². The second-order valence-corrected chi connectivity index (χ2v) is 39.3. The number of nitrogens with one attached hydrogen (secondary N) is 5. The van der Waals surface area contributed by atoms with E-state index in [1.165, 1.54) is 24.0 Å². The van der Waals surface area contributed by atoms with Crippen LogP contribution >= 0.6 is 0 Å². The molecule has 35 nitrogen and oxygen atoms in total. The van der Waals surface area contributed by atoms with Gasteiger partial charge < -0.3 is 98.8 Å². The lowest BCUT2D eigenvalue weighted by atomic mass is 9.91. The van der Waals surface area contributed by atoms with E-state index in [9.17, 15) is 0 Å². The lowest BCUT2D eigenvalue weighted by molar-refractivity contribution is 0.122. The molecule has 0 amide bonds. The van der Waals surface area contributed by atoms with Crippen LogP contribution in [0.3, 0.4) is 0 Å². The molecule has 7 saturated heterocycles. The number of morpholine rings is 4. The smallest absolute Gasteiger partial charge is 0.222 e. The minimum absolute atomic E-state index is 0.159. The van der Waals surface area contributed by atoms with E-state index in [0.29, 0.717) is 36.0 Å². The van der Waals surface area contributed by atoms with Crippen LogP contribution in [0.5, 0.6) is 23.0 Å². The van der Waals surface area contributed by atoms with Crippen molar-refractivity contribution >= 4 is 96.1 Å². The van der Waals surface area contributed by atoms with Gasteiger partial charge in [0.15, 0.2) is 0 Å². The summed E-state index contributed by atoms with van der Waals surface area (Å²) in [4.78, 5) is 85.1. The van der Waals surface area contributed by atoms with E-state index in [-0.39, 0.29) is 24.4 Å².